The second-order valence-electron chi connectivity index (χ2n) is 5.94. The Morgan fingerprint density at radius 2 is 1.20 bits per heavy atom. The van der Waals surface area contributed by atoms with Gasteiger partial charge in [-0.3, -0.25) is 0 Å². The van der Waals surface area contributed by atoms with Gasteiger partial charge in [0, 0.05) is 11.4 Å². The molecule has 0 spiro atoms. The minimum atomic E-state index is 1.22. The maximum Gasteiger partial charge on any atom is 0.0446 e. The summed E-state index contributed by atoms with van der Waals surface area (Å²) < 4.78 is 0. The fraction of sp³-hybridized carbons (Fsp3) is 0.368. The number of anilines is 2. The highest BCUT2D eigenvalue weighted by Crippen LogP contribution is 2.31. The van der Waals surface area contributed by atoms with E-state index >= 15 is 0 Å². The minimum Gasteiger partial charge on any atom is -0.355 e. The topological polar surface area (TPSA) is 12.0 Å². The van der Waals surface area contributed by atoms with E-state index in [1.165, 1.54) is 50.3 Å². The van der Waals surface area contributed by atoms with Crippen molar-refractivity contribution < 1.29 is 0 Å². The van der Waals surface area contributed by atoms with Crippen LogP contribution in [0.3, 0.4) is 0 Å². The van der Waals surface area contributed by atoms with Crippen LogP contribution in [0.1, 0.15) is 38.9 Å². The number of benzene rings is 2. The van der Waals surface area contributed by atoms with E-state index in [-0.39, 0.29) is 0 Å². The van der Waals surface area contributed by atoms with Gasteiger partial charge in [-0.05, 0) is 93.5 Å². The second kappa shape index (κ2) is 5.32. The lowest BCUT2D eigenvalue weighted by atomic mass is 9.97. The van der Waals surface area contributed by atoms with Crippen molar-refractivity contribution in [2.45, 2.75) is 48.5 Å². The summed E-state index contributed by atoms with van der Waals surface area (Å²) >= 11 is 0. The number of nitrogens with one attached hydrogen (secondary N) is 1. The molecule has 0 bridgehead atoms. The Morgan fingerprint density at radius 3 is 1.85 bits per heavy atom. The Labute approximate surface area is 123 Å². The molecule has 0 radical (unpaired) electrons. The molecule has 20 heavy (non-hydrogen) atoms. The van der Waals surface area contributed by atoms with Gasteiger partial charge in [-0.25, -0.2) is 0 Å². The van der Waals surface area contributed by atoms with Crippen LogP contribution < -0.4 is 5.32 Å². The molecule has 0 saturated heterocycles. The van der Waals surface area contributed by atoms with Gasteiger partial charge < -0.3 is 5.32 Å². The zero-order chi connectivity index (χ0) is 15.0. The SMILES string of the molecule is Cc1cc(Nc2c(C)ccc(C)c2C)c(C)c(C)c1C. The maximum atomic E-state index is 3.66. The van der Waals surface area contributed by atoms with Crippen LogP contribution in [-0.4, -0.2) is 0 Å². The standard InChI is InChI=1S/C19H25N/c1-11-8-9-12(2)19(15(11)5)20-18-10-13(3)14(4)16(6)17(18)7/h8-10,20H,1-7H3. The zero-order valence-electron chi connectivity index (χ0n) is 13.7. The highest BCUT2D eigenvalue weighted by atomic mass is 14.9. The van der Waals surface area contributed by atoms with E-state index in [1.807, 2.05) is 0 Å². The van der Waals surface area contributed by atoms with Crippen LogP contribution in [0.2, 0.25) is 0 Å². The van der Waals surface area contributed by atoms with Gasteiger partial charge in [0.05, 0.1) is 0 Å². The Morgan fingerprint density at radius 1 is 0.600 bits per heavy atom. The Bertz CT molecular complexity index is 666. The van der Waals surface area contributed by atoms with Gasteiger partial charge in [-0.2, -0.15) is 0 Å². The van der Waals surface area contributed by atoms with Crippen molar-refractivity contribution in [1.29, 1.82) is 0 Å². The molecule has 0 saturated carbocycles. The van der Waals surface area contributed by atoms with Crippen molar-refractivity contribution in [3.05, 3.63) is 57.1 Å². The molecule has 0 fully saturated rings. The maximum absolute atomic E-state index is 3.66. The average Bonchev–Trinajstić information content (AvgIpc) is 2.42. The van der Waals surface area contributed by atoms with E-state index in [2.05, 4.69) is 72.0 Å². The summed E-state index contributed by atoms with van der Waals surface area (Å²) in [5.74, 6) is 0. The normalized spacial score (nSPS) is 10.8. The quantitative estimate of drug-likeness (QED) is 0.748. The molecule has 1 heteroatoms. The van der Waals surface area contributed by atoms with Crippen LogP contribution in [0.15, 0.2) is 18.2 Å². The van der Waals surface area contributed by atoms with Crippen molar-refractivity contribution in [2.24, 2.45) is 0 Å². The van der Waals surface area contributed by atoms with Crippen molar-refractivity contribution in [2.75, 3.05) is 5.32 Å². The predicted octanol–water partition coefficient (Wildman–Crippen LogP) is 5.59. The van der Waals surface area contributed by atoms with Gasteiger partial charge in [0.15, 0.2) is 0 Å². The fourth-order valence-electron chi connectivity index (χ4n) is 2.62. The largest absolute Gasteiger partial charge is 0.355 e. The minimum absolute atomic E-state index is 1.22. The van der Waals surface area contributed by atoms with E-state index in [0.717, 1.165) is 0 Å². The van der Waals surface area contributed by atoms with Gasteiger partial charge >= 0.3 is 0 Å². The lowest BCUT2D eigenvalue weighted by molar-refractivity contribution is 1.21. The summed E-state index contributed by atoms with van der Waals surface area (Å²) in [7, 11) is 0. The number of aryl methyl sites for hydroxylation is 3. The summed E-state index contributed by atoms with van der Waals surface area (Å²) in [6.45, 7) is 15.3. The van der Waals surface area contributed by atoms with Crippen LogP contribution in [-0.2, 0) is 0 Å². The molecule has 0 aliphatic heterocycles. The number of hydrogen-bond acceptors (Lipinski definition) is 1. The van der Waals surface area contributed by atoms with Gasteiger partial charge in [-0.1, -0.05) is 12.1 Å². The molecule has 0 atom stereocenters. The molecular weight excluding hydrogens is 242 g/mol. The van der Waals surface area contributed by atoms with Crippen LogP contribution >= 0.6 is 0 Å². The second-order valence-corrected chi connectivity index (χ2v) is 5.94. The molecule has 1 nitrogen and oxygen atoms in total. The summed E-state index contributed by atoms with van der Waals surface area (Å²) in [4.78, 5) is 0. The van der Waals surface area contributed by atoms with Crippen LogP contribution in [0, 0.1) is 48.5 Å². The molecule has 0 aliphatic rings. The monoisotopic (exact) mass is 267 g/mol. The molecule has 2 rings (SSSR count). The molecule has 0 aliphatic carbocycles. The zero-order valence-corrected chi connectivity index (χ0v) is 13.7. The highest BCUT2D eigenvalue weighted by Gasteiger charge is 2.10. The van der Waals surface area contributed by atoms with Crippen LogP contribution in [0.5, 0.6) is 0 Å². The number of rotatable bonds is 2. The lowest BCUT2D eigenvalue weighted by Gasteiger charge is -2.19. The first-order valence-corrected chi connectivity index (χ1v) is 7.24. The lowest BCUT2D eigenvalue weighted by Crippen LogP contribution is -2.02. The highest BCUT2D eigenvalue weighted by molar-refractivity contribution is 5.71. The third-order valence-electron chi connectivity index (χ3n) is 4.69. The molecule has 2 aromatic rings. The smallest absolute Gasteiger partial charge is 0.0446 e. The summed E-state index contributed by atoms with van der Waals surface area (Å²) in [6, 6.07) is 6.64. The van der Waals surface area contributed by atoms with Crippen molar-refractivity contribution in [3.8, 4) is 0 Å². The average molecular weight is 267 g/mol. The molecule has 0 aromatic heterocycles. The van der Waals surface area contributed by atoms with Crippen molar-refractivity contribution in [1.82, 2.24) is 0 Å². The first-order chi connectivity index (χ1) is 9.32. The Balaban J connectivity index is 2.54. The molecule has 0 heterocycles. The summed E-state index contributed by atoms with van der Waals surface area (Å²) in [6.07, 6.45) is 0. The predicted molar refractivity (Wildman–Crippen MR) is 89.3 cm³/mol. The molecule has 0 unspecified atom stereocenters. The summed E-state index contributed by atoms with van der Waals surface area (Å²) in [5, 5.41) is 3.66. The van der Waals surface area contributed by atoms with Gasteiger partial charge in [0.25, 0.3) is 0 Å². The molecule has 2 aromatic carbocycles. The summed E-state index contributed by atoms with van der Waals surface area (Å²) in [5.41, 5.74) is 11.9. The van der Waals surface area contributed by atoms with E-state index in [1.54, 1.807) is 0 Å². The molecule has 106 valence electrons. The molecule has 1 N–H and O–H groups in total. The third kappa shape index (κ3) is 2.45. The van der Waals surface area contributed by atoms with E-state index in [9.17, 15) is 0 Å². The van der Waals surface area contributed by atoms with E-state index in [0.29, 0.717) is 0 Å². The van der Waals surface area contributed by atoms with Crippen LogP contribution in [0.25, 0.3) is 0 Å². The Kier molecular flexibility index (Phi) is 3.89. The van der Waals surface area contributed by atoms with Gasteiger partial charge in [0.2, 0.25) is 0 Å². The molecular formula is C19H25N. The molecule has 0 amide bonds. The van der Waals surface area contributed by atoms with Gasteiger partial charge in [0.1, 0.15) is 0 Å². The van der Waals surface area contributed by atoms with Crippen molar-refractivity contribution >= 4 is 11.4 Å². The first-order valence-electron chi connectivity index (χ1n) is 7.24. The van der Waals surface area contributed by atoms with E-state index < -0.39 is 0 Å². The Hall–Kier alpha value is -1.76. The van der Waals surface area contributed by atoms with Crippen molar-refractivity contribution in [3.63, 3.8) is 0 Å². The van der Waals surface area contributed by atoms with E-state index in [4.69, 9.17) is 0 Å². The third-order valence-corrected chi connectivity index (χ3v) is 4.69. The van der Waals surface area contributed by atoms with Gasteiger partial charge in [-0.15, -0.1) is 0 Å². The fourth-order valence-corrected chi connectivity index (χ4v) is 2.62. The first kappa shape index (κ1) is 14.6. The number of hydrogen-bond donors (Lipinski definition) is 1. The van der Waals surface area contributed by atoms with Crippen LogP contribution in [0.4, 0.5) is 11.4 Å².